The maximum atomic E-state index is 6.39. The van der Waals surface area contributed by atoms with Gasteiger partial charge in [-0.1, -0.05) is 12.1 Å². The lowest BCUT2D eigenvalue weighted by atomic mass is 10.1. The third-order valence-electron chi connectivity index (χ3n) is 6.69. The smallest absolute Gasteiger partial charge is 0.152 e. The third-order valence-corrected chi connectivity index (χ3v) is 6.69. The van der Waals surface area contributed by atoms with Crippen LogP contribution < -0.4 is 16.0 Å². The number of benzene rings is 1. The Morgan fingerprint density at radius 3 is 2.70 bits per heavy atom. The van der Waals surface area contributed by atoms with Gasteiger partial charge in [-0.3, -0.25) is 4.68 Å². The molecule has 0 spiro atoms. The van der Waals surface area contributed by atoms with Gasteiger partial charge >= 0.3 is 0 Å². The van der Waals surface area contributed by atoms with Gasteiger partial charge in [-0.15, -0.1) is 0 Å². The molecule has 9 heteroatoms. The van der Waals surface area contributed by atoms with E-state index in [1.54, 1.807) is 0 Å². The number of nitrogens with one attached hydrogen (secondary N) is 1. The van der Waals surface area contributed by atoms with Gasteiger partial charge in [0.15, 0.2) is 5.82 Å². The van der Waals surface area contributed by atoms with Crippen molar-refractivity contribution in [3.8, 4) is 22.5 Å². The van der Waals surface area contributed by atoms with Crippen LogP contribution in [0.15, 0.2) is 48.9 Å². The van der Waals surface area contributed by atoms with Crippen molar-refractivity contribution in [1.29, 1.82) is 0 Å². The van der Waals surface area contributed by atoms with Crippen LogP contribution in [0.2, 0.25) is 0 Å². The van der Waals surface area contributed by atoms with E-state index >= 15 is 0 Å². The monoisotopic (exact) mass is 444 g/mol. The lowest BCUT2D eigenvalue weighted by Gasteiger charge is -2.29. The molecule has 6 rings (SSSR count). The van der Waals surface area contributed by atoms with Gasteiger partial charge in [-0.05, 0) is 37.1 Å². The van der Waals surface area contributed by atoms with Crippen molar-refractivity contribution in [2.75, 3.05) is 50.0 Å². The highest BCUT2D eigenvalue weighted by Gasteiger charge is 2.24. The van der Waals surface area contributed by atoms with Gasteiger partial charge in [0.05, 0.1) is 17.4 Å². The zero-order valence-corrected chi connectivity index (χ0v) is 18.5. The average Bonchev–Trinajstić information content (AvgIpc) is 3.51. The summed E-state index contributed by atoms with van der Waals surface area (Å²) in [5.41, 5.74) is 12.6. The van der Waals surface area contributed by atoms with Crippen LogP contribution in [0, 0.1) is 0 Å². The van der Waals surface area contributed by atoms with Gasteiger partial charge < -0.3 is 20.7 Å². The number of hydrogen-bond acceptors (Lipinski definition) is 7. The van der Waals surface area contributed by atoms with Gasteiger partial charge in [0, 0.05) is 62.4 Å². The van der Waals surface area contributed by atoms with E-state index in [2.05, 4.69) is 66.5 Å². The van der Waals surface area contributed by atoms with Crippen molar-refractivity contribution in [2.24, 2.45) is 0 Å². The Morgan fingerprint density at radius 1 is 1.00 bits per heavy atom. The van der Waals surface area contributed by atoms with Gasteiger partial charge in [-0.2, -0.15) is 10.2 Å². The zero-order chi connectivity index (χ0) is 22.2. The maximum Gasteiger partial charge on any atom is 0.152 e. The average molecular weight is 445 g/mol. The summed E-state index contributed by atoms with van der Waals surface area (Å²) in [6.07, 6.45) is 5.28. The SMILES string of the molecule is Nc1ncnn2c(-c3cccc(N4CCNCC4)c3)cc(-c3ccnn3C3CCOCC3)c12. The molecule has 2 aliphatic heterocycles. The summed E-state index contributed by atoms with van der Waals surface area (Å²) in [5, 5.41) is 12.7. The molecule has 9 nitrogen and oxygen atoms in total. The summed E-state index contributed by atoms with van der Waals surface area (Å²) in [6.45, 7) is 5.53. The predicted octanol–water partition coefficient (Wildman–Crippen LogP) is 2.60. The number of ether oxygens (including phenoxy) is 1. The fourth-order valence-corrected chi connectivity index (χ4v) is 5.00. The first-order chi connectivity index (χ1) is 16.3. The minimum Gasteiger partial charge on any atom is -0.382 e. The van der Waals surface area contributed by atoms with Gasteiger partial charge in [0.2, 0.25) is 0 Å². The topological polar surface area (TPSA) is 98.5 Å². The molecule has 2 aliphatic rings. The van der Waals surface area contributed by atoms with E-state index in [0.29, 0.717) is 11.9 Å². The Balaban J connectivity index is 1.47. The minimum absolute atomic E-state index is 0.309. The summed E-state index contributed by atoms with van der Waals surface area (Å²) in [4.78, 5) is 6.72. The first-order valence-electron chi connectivity index (χ1n) is 11.6. The van der Waals surface area contributed by atoms with E-state index < -0.39 is 0 Å². The van der Waals surface area contributed by atoms with Crippen molar-refractivity contribution in [3.05, 3.63) is 48.9 Å². The number of nitrogen functional groups attached to an aromatic ring is 1. The highest BCUT2D eigenvalue weighted by Crippen LogP contribution is 2.37. The molecule has 2 fully saturated rings. The Bertz CT molecular complexity index is 1270. The molecule has 4 aromatic rings. The van der Waals surface area contributed by atoms with E-state index in [0.717, 1.165) is 80.3 Å². The van der Waals surface area contributed by atoms with Crippen LogP contribution in [0.25, 0.3) is 28.0 Å². The molecule has 0 radical (unpaired) electrons. The molecule has 0 unspecified atom stereocenters. The molecule has 0 atom stereocenters. The first kappa shape index (κ1) is 20.2. The van der Waals surface area contributed by atoms with Gasteiger partial charge in [0.1, 0.15) is 11.8 Å². The lowest BCUT2D eigenvalue weighted by molar-refractivity contribution is 0.0667. The largest absolute Gasteiger partial charge is 0.382 e. The molecular formula is C24H28N8O. The van der Waals surface area contributed by atoms with Gasteiger partial charge in [-0.25, -0.2) is 9.50 Å². The maximum absolute atomic E-state index is 6.39. The fraction of sp³-hybridized carbons (Fsp3) is 0.375. The second-order valence-corrected chi connectivity index (χ2v) is 8.64. The van der Waals surface area contributed by atoms with Crippen molar-refractivity contribution in [2.45, 2.75) is 18.9 Å². The number of fused-ring (bicyclic) bond motifs is 1. The van der Waals surface area contributed by atoms with E-state index in [9.17, 15) is 0 Å². The van der Waals surface area contributed by atoms with Crippen LogP contribution in [0.4, 0.5) is 11.5 Å². The van der Waals surface area contributed by atoms with Crippen LogP contribution in [0.3, 0.4) is 0 Å². The van der Waals surface area contributed by atoms with E-state index in [4.69, 9.17) is 10.5 Å². The van der Waals surface area contributed by atoms with Crippen molar-refractivity contribution in [1.82, 2.24) is 29.7 Å². The molecule has 0 aliphatic carbocycles. The Hall–Kier alpha value is -3.43. The summed E-state index contributed by atoms with van der Waals surface area (Å²) < 4.78 is 9.59. The molecule has 1 aromatic carbocycles. The highest BCUT2D eigenvalue weighted by molar-refractivity contribution is 5.91. The van der Waals surface area contributed by atoms with E-state index in [-0.39, 0.29) is 0 Å². The van der Waals surface area contributed by atoms with Crippen molar-refractivity contribution in [3.63, 3.8) is 0 Å². The van der Waals surface area contributed by atoms with Gasteiger partial charge in [0.25, 0.3) is 0 Å². The Labute approximate surface area is 192 Å². The van der Waals surface area contributed by atoms with Crippen LogP contribution >= 0.6 is 0 Å². The first-order valence-corrected chi connectivity index (χ1v) is 11.6. The highest BCUT2D eigenvalue weighted by atomic mass is 16.5. The Kier molecular flexibility index (Phi) is 5.20. The lowest BCUT2D eigenvalue weighted by Crippen LogP contribution is -2.43. The standard InChI is InChI=1S/C24H28N8O/c25-24-23-20(21-4-7-28-31(21)18-5-12-33-13-6-18)15-22(32(23)29-16-27-24)17-2-1-3-19(14-17)30-10-8-26-9-11-30/h1-4,7,14-16,18,26H,5-6,8-13H2,(H2,25,27,29). The molecule has 3 aromatic heterocycles. The van der Waals surface area contributed by atoms with Crippen LogP contribution in [-0.4, -0.2) is 63.8 Å². The molecular weight excluding hydrogens is 416 g/mol. The molecule has 0 saturated carbocycles. The normalized spacial score (nSPS) is 17.6. The molecule has 170 valence electrons. The zero-order valence-electron chi connectivity index (χ0n) is 18.5. The molecule has 0 amide bonds. The summed E-state index contributed by atoms with van der Waals surface area (Å²) in [7, 11) is 0. The number of hydrogen-bond donors (Lipinski definition) is 2. The number of piperazine rings is 1. The fourth-order valence-electron chi connectivity index (χ4n) is 5.00. The quantitative estimate of drug-likeness (QED) is 0.499. The molecule has 2 saturated heterocycles. The molecule has 5 heterocycles. The van der Waals surface area contributed by atoms with E-state index in [1.807, 2.05) is 10.7 Å². The number of nitrogens with zero attached hydrogens (tertiary/aromatic N) is 6. The summed E-state index contributed by atoms with van der Waals surface area (Å²) >= 11 is 0. The second kappa shape index (κ2) is 8.49. The van der Waals surface area contributed by atoms with Crippen molar-refractivity contribution < 1.29 is 4.74 Å². The second-order valence-electron chi connectivity index (χ2n) is 8.64. The number of aromatic nitrogens is 5. The van der Waals surface area contributed by atoms with E-state index in [1.165, 1.54) is 12.0 Å². The predicted molar refractivity (Wildman–Crippen MR) is 128 cm³/mol. The minimum atomic E-state index is 0.309. The van der Waals surface area contributed by atoms with Crippen molar-refractivity contribution >= 4 is 17.0 Å². The molecule has 33 heavy (non-hydrogen) atoms. The number of anilines is 2. The summed E-state index contributed by atoms with van der Waals surface area (Å²) in [5.74, 6) is 0.462. The Morgan fingerprint density at radius 2 is 1.85 bits per heavy atom. The number of nitrogens with two attached hydrogens (primary N) is 1. The summed E-state index contributed by atoms with van der Waals surface area (Å²) in [6, 6.07) is 13.2. The molecule has 3 N–H and O–H groups in total. The molecule has 0 bridgehead atoms. The van der Waals surface area contributed by atoms with Crippen LogP contribution in [0.1, 0.15) is 18.9 Å². The van der Waals surface area contributed by atoms with Crippen LogP contribution in [-0.2, 0) is 4.74 Å². The van der Waals surface area contributed by atoms with Crippen LogP contribution in [0.5, 0.6) is 0 Å². The number of rotatable bonds is 4. The third kappa shape index (κ3) is 3.63.